The molecule has 0 amide bonds. The number of rotatable bonds is 5. The highest BCUT2D eigenvalue weighted by Gasteiger charge is 2.05. The van der Waals surface area contributed by atoms with Gasteiger partial charge in [0.15, 0.2) is 5.84 Å². The Morgan fingerprint density at radius 3 is 2.73 bits per heavy atom. The summed E-state index contributed by atoms with van der Waals surface area (Å²) >= 11 is 0. The first-order chi connectivity index (χ1) is 7.29. The van der Waals surface area contributed by atoms with Gasteiger partial charge in [-0.3, -0.25) is 0 Å². The highest BCUT2D eigenvalue weighted by Crippen LogP contribution is 2.12. The molecule has 0 bridgehead atoms. The van der Waals surface area contributed by atoms with Crippen LogP contribution in [0.25, 0.3) is 0 Å². The summed E-state index contributed by atoms with van der Waals surface area (Å²) in [6, 6.07) is 7.80. The zero-order chi connectivity index (χ0) is 11.1. The maximum Gasteiger partial charge on any atom is 0.170 e. The van der Waals surface area contributed by atoms with Crippen molar-refractivity contribution in [3.63, 3.8) is 0 Å². The summed E-state index contributed by atoms with van der Waals surface area (Å²) in [5.41, 5.74) is 7.60. The number of hydrogen-bond donors (Lipinski definition) is 2. The van der Waals surface area contributed by atoms with Crippen LogP contribution < -0.4 is 5.73 Å². The molecule has 0 spiro atoms. The number of amidine groups is 1. The molecule has 0 heterocycles. The van der Waals surface area contributed by atoms with Crippen LogP contribution in [0.3, 0.4) is 0 Å². The molecular weight excluding hydrogens is 188 g/mol. The SMILES string of the molecule is CCCCCc1ccccc1C(N)=NO. The summed E-state index contributed by atoms with van der Waals surface area (Å²) < 4.78 is 0. The van der Waals surface area contributed by atoms with Crippen molar-refractivity contribution in [3.05, 3.63) is 35.4 Å². The fourth-order valence-corrected chi connectivity index (χ4v) is 1.61. The van der Waals surface area contributed by atoms with Crippen LogP contribution in [-0.4, -0.2) is 11.0 Å². The molecule has 0 aliphatic rings. The van der Waals surface area contributed by atoms with Gasteiger partial charge in [0.2, 0.25) is 0 Å². The second-order valence-electron chi connectivity index (χ2n) is 3.60. The van der Waals surface area contributed by atoms with Crippen molar-refractivity contribution in [2.24, 2.45) is 10.9 Å². The Morgan fingerprint density at radius 2 is 2.07 bits per heavy atom. The van der Waals surface area contributed by atoms with Gasteiger partial charge in [-0.15, -0.1) is 0 Å². The molecule has 3 N–H and O–H groups in total. The molecule has 1 aromatic rings. The lowest BCUT2D eigenvalue weighted by atomic mass is 10.0. The second-order valence-corrected chi connectivity index (χ2v) is 3.60. The van der Waals surface area contributed by atoms with Crippen LogP contribution in [0, 0.1) is 0 Å². The van der Waals surface area contributed by atoms with E-state index in [2.05, 4.69) is 12.1 Å². The van der Waals surface area contributed by atoms with Gasteiger partial charge in [-0.2, -0.15) is 0 Å². The lowest BCUT2D eigenvalue weighted by molar-refractivity contribution is 0.318. The minimum Gasteiger partial charge on any atom is -0.409 e. The predicted octanol–water partition coefficient (Wildman–Crippen LogP) is 2.51. The van der Waals surface area contributed by atoms with Crippen LogP contribution in [0.15, 0.2) is 29.4 Å². The number of aryl methyl sites for hydroxylation is 1. The second kappa shape index (κ2) is 6.06. The van der Waals surface area contributed by atoms with E-state index in [9.17, 15) is 0 Å². The molecule has 0 fully saturated rings. The monoisotopic (exact) mass is 206 g/mol. The van der Waals surface area contributed by atoms with E-state index in [1.165, 1.54) is 12.8 Å². The van der Waals surface area contributed by atoms with Crippen LogP contribution in [-0.2, 0) is 6.42 Å². The van der Waals surface area contributed by atoms with Gasteiger partial charge in [-0.25, -0.2) is 0 Å². The first-order valence-electron chi connectivity index (χ1n) is 5.35. The molecule has 0 aromatic heterocycles. The van der Waals surface area contributed by atoms with Crippen molar-refractivity contribution in [1.82, 2.24) is 0 Å². The third-order valence-electron chi connectivity index (χ3n) is 2.45. The van der Waals surface area contributed by atoms with Crippen LogP contribution in [0.4, 0.5) is 0 Å². The molecule has 3 heteroatoms. The molecule has 15 heavy (non-hydrogen) atoms. The molecule has 0 aliphatic heterocycles. The van der Waals surface area contributed by atoms with E-state index in [-0.39, 0.29) is 5.84 Å². The van der Waals surface area contributed by atoms with Gasteiger partial charge in [0.05, 0.1) is 0 Å². The number of hydrogen-bond acceptors (Lipinski definition) is 2. The summed E-state index contributed by atoms with van der Waals surface area (Å²) in [7, 11) is 0. The van der Waals surface area contributed by atoms with Gasteiger partial charge in [0.1, 0.15) is 0 Å². The highest BCUT2D eigenvalue weighted by atomic mass is 16.4. The minimum absolute atomic E-state index is 0.196. The zero-order valence-corrected chi connectivity index (χ0v) is 9.11. The summed E-state index contributed by atoms with van der Waals surface area (Å²) in [5, 5.41) is 11.7. The predicted molar refractivity (Wildman–Crippen MR) is 62.2 cm³/mol. The van der Waals surface area contributed by atoms with Gasteiger partial charge in [0.25, 0.3) is 0 Å². The van der Waals surface area contributed by atoms with Crippen LogP contribution >= 0.6 is 0 Å². The number of unbranched alkanes of at least 4 members (excludes halogenated alkanes) is 2. The third kappa shape index (κ3) is 3.27. The maximum absolute atomic E-state index is 8.65. The van der Waals surface area contributed by atoms with Crippen molar-refractivity contribution in [3.8, 4) is 0 Å². The first kappa shape index (κ1) is 11.6. The molecule has 0 saturated heterocycles. The molecule has 1 rings (SSSR count). The molecule has 0 saturated carbocycles. The number of nitrogens with two attached hydrogens (primary N) is 1. The largest absolute Gasteiger partial charge is 0.409 e. The Balaban J connectivity index is 2.77. The lowest BCUT2D eigenvalue weighted by Gasteiger charge is -2.07. The number of oxime groups is 1. The molecule has 82 valence electrons. The summed E-state index contributed by atoms with van der Waals surface area (Å²) in [6.45, 7) is 2.18. The van der Waals surface area contributed by atoms with Gasteiger partial charge < -0.3 is 10.9 Å². The minimum atomic E-state index is 0.196. The zero-order valence-electron chi connectivity index (χ0n) is 9.11. The van der Waals surface area contributed by atoms with Gasteiger partial charge in [-0.05, 0) is 18.4 Å². The van der Waals surface area contributed by atoms with Crippen molar-refractivity contribution in [2.75, 3.05) is 0 Å². The maximum atomic E-state index is 8.65. The van der Waals surface area contributed by atoms with E-state index in [0.717, 1.165) is 24.0 Å². The number of benzene rings is 1. The Morgan fingerprint density at radius 1 is 1.33 bits per heavy atom. The van der Waals surface area contributed by atoms with Gasteiger partial charge in [0, 0.05) is 5.56 Å². The summed E-state index contributed by atoms with van der Waals surface area (Å²) in [5.74, 6) is 0.196. The first-order valence-corrected chi connectivity index (χ1v) is 5.35. The van der Waals surface area contributed by atoms with E-state index in [1.54, 1.807) is 0 Å². The molecule has 1 aromatic carbocycles. The third-order valence-corrected chi connectivity index (χ3v) is 2.45. The Kier molecular flexibility index (Phi) is 4.68. The Hall–Kier alpha value is -1.51. The fourth-order valence-electron chi connectivity index (χ4n) is 1.61. The van der Waals surface area contributed by atoms with Crippen LogP contribution in [0.2, 0.25) is 0 Å². The summed E-state index contributed by atoms with van der Waals surface area (Å²) in [4.78, 5) is 0. The Labute approximate surface area is 90.6 Å². The van der Waals surface area contributed by atoms with E-state index in [0.29, 0.717) is 0 Å². The van der Waals surface area contributed by atoms with Crippen LogP contribution in [0.5, 0.6) is 0 Å². The van der Waals surface area contributed by atoms with E-state index in [1.807, 2.05) is 24.3 Å². The fraction of sp³-hybridized carbons (Fsp3) is 0.417. The standard InChI is InChI=1S/C12H18N2O/c1-2-3-4-7-10-8-5-6-9-11(10)12(13)14-15/h5-6,8-9,15H,2-4,7H2,1H3,(H2,13,14). The van der Waals surface area contributed by atoms with Crippen molar-refractivity contribution < 1.29 is 5.21 Å². The quantitative estimate of drug-likeness (QED) is 0.256. The van der Waals surface area contributed by atoms with Gasteiger partial charge in [-0.1, -0.05) is 49.2 Å². The van der Waals surface area contributed by atoms with Crippen molar-refractivity contribution in [1.29, 1.82) is 0 Å². The lowest BCUT2D eigenvalue weighted by Crippen LogP contribution is -2.15. The van der Waals surface area contributed by atoms with Crippen LogP contribution in [0.1, 0.15) is 37.3 Å². The van der Waals surface area contributed by atoms with Crippen molar-refractivity contribution in [2.45, 2.75) is 32.6 Å². The highest BCUT2D eigenvalue weighted by molar-refractivity contribution is 5.98. The van der Waals surface area contributed by atoms with Crippen molar-refractivity contribution >= 4 is 5.84 Å². The van der Waals surface area contributed by atoms with E-state index < -0.39 is 0 Å². The number of nitrogens with zero attached hydrogens (tertiary/aromatic N) is 1. The van der Waals surface area contributed by atoms with Gasteiger partial charge >= 0.3 is 0 Å². The Bertz CT molecular complexity index is 334. The van der Waals surface area contributed by atoms with E-state index >= 15 is 0 Å². The van der Waals surface area contributed by atoms with E-state index in [4.69, 9.17) is 10.9 Å². The molecule has 0 unspecified atom stereocenters. The molecular formula is C12H18N2O. The normalized spacial score (nSPS) is 11.7. The molecule has 0 radical (unpaired) electrons. The summed E-state index contributed by atoms with van der Waals surface area (Å²) in [6.07, 6.45) is 4.54. The smallest absolute Gasteiger partial charge is 0.170 e. The average molecular weight is 206 g/mol. The molecule has 3 nitrogen and oxygen atoms in total. The molecule has 0 aliphatic carbocycles. The topological polar surface area (TPSA) is 58.6 Å². The average Bonchev–Trinajstić information content (AvgIpc) is 2.29. The molecule has 0 atom stereocenters.